The molecule has 10 heteroatoms. The van der Waals surface area contributed by atoms with Crippen LogP contribution < -0.4 is 59.1 Å². The quantitative estimate of drug-likeness (QED) is 0.252. The molecule has 0 radical (unpaired) electrons. The molecule has 0 saturated carbocycles. The van der Waals surface area contributed by atoms with Crippen molar-refractivity contribution in [2.45, 2.75) is 26.9 Å². The summed E-state index contributed by atoms with van der Waals surface area (Å²) in [6.07, 6.45) is 0. The third-order valence-corrected chi connectivity index (χ3v) is 4.71. The van der Waals surface area contributed by atoms with E-state index < -0.39 is 11.9 Å². The Morgan fingerprint density at radius 3 is 1.41 bits per heavy atom. The molecule has 4 N–H and O–H groups in total. The monoisotopic (exact) mass is 464 g/mol. The van der Waals surface area contributed by atoms with Gasteiger partial charge in [-0.3, -0.25) is 19.4 Å². The number of hydrogen-bond donors (Lipinski definition) is 4. The second-order valence-corrected chi connectivity index (χ2v) is 7.47. The van der Waals surface area contributed by atoms with Crippen LogP contribution in [0.5, 0.6) is 11.5 Å². The molecule has 0 heterocycles. The van der Waals surface area contributed by atoms with Crippen LogP contribution in [0.3, 0.4) is 0 Å². The van der Waals surface area contributed by atoms with Gasteiger partial charge in [-0.1, -0.05) is 35.4 Å². The van der Waals surface area contributed by atoms with Crippen molar-refractivity contribution in [2.75, 3.05) is 26.2 Å². The Labute approximate surface area is 235 Å². The molecule has 2 aromatic carbocycles. The third kappa shape index (κ3) is 10.7. The molecule has 0 aromatic heterocycles. The van der Waals surface area contributed by atoms with E-state index in [0.717, 1.165) is 11.1 Å². The van der Waals surface area contributed by atoms with Crippen molar-refractivity contribution >= 4 is 11.9 Å². The van der Waals surface area contributed by atoms with E-state index in [2.05, 4.69) is 0 Å². The zero-order valence-electron chi connectivity index (χ0n) is 21.2. The van der Waals surface area contributed by atoms with Crippen molar-refractivity contribution in [3.8, 4) is 11.5 Å². The van der Waals surface area contributed by atoms with Gasteiger partial charge < -0.3 is 23.3 Å². The number of carbonyl (C=O) groups is 2. The SMILES string of the molecule is Cc1ccc(O)c(CN(CCN(CC(=O)O)Cc2cc(C)ccc2O)CC(=O)O)c1.[H-].[H-].[Na+].[Na+]. The van der Waals surface area contributed by atoms with Crippen LogP contribution in [0.1, 0.15) is 25.1 Å². The summed E-state index contributed by atoms with van der Waals surface area (Å²) in [5.74, 6) is -1.85. The van der Waals surface area contributed by atoms with Gasteiger partial charge in [-0.05, 0) is 26.0 Å². The summed E-state index contributed by atoms with van der Waals surface area (Å²) in [5, 5.41) is 38.7. The van der Waals surface area contributed by atoms with E-state index in [1.54, 1.807) is 46.2 Å². The van der Waals surface area contributed by atoms with Crippen LogP contribution in [-0.2, 0) is 22.7 Å². The molecule has 0 bridgehead atoms. The van der Waals surface area contributed by atoms with Gasteiger partial charge in [0.2, 0.25) is 0 Å². The van der Waals surface area contributed by atoms with Crippen LogP contribution in [-0.4, -0.2) is 68.3 Å². The number of aryl methyl sites for hydroxylation is 2. The van der Waals surface area contributed by atoms with Crippen molar-refractivity contribution in [3.63, 3.8) is 0 Å². The van der Waals surface area contributed by atoms with Gasteiger partial charge in [-0.25, -0.2) is 0 Å². The van der Waals surface area contributed by atoms with E-state index in [1.807, 2.05) is 13.8 Å². The summed E-state index contributed by atoms with van der Waals surface area (Å²) in [7, 11) is 0. The molecule has 0 spiro atoms. The number of benzene rings is 2. The van der Waals surface area contributed by atoms with Crippen molar-refractivity contribution in [1.82, 2.24) is 9.80 Å². The molecule has 0 aliphatic heterocycles. The fraction of sp³-hybridized carbons (Fsp3) is 0.364. The Morgan fingerprint density at radius 1 is 0.750 bits per heavy atom. The first kappa shape index (κ1) is 30.9. The average molecular weight is 464 g/mol. The summed E-state index contributed by atoms with van der Waals surface area (Å²) in [6, 6.07) is 10.3. The Morgan fingerprint density at radius 2 is 1.09 bits per heavy atom. The largest absolute Gasteiger partial charge is 1.00 e. The minimum atomic E-state index is -1.01. The second kappa shape index (κ2) is 14.9. The molecular formula is C22H30N2Na2O6. The van der Waals surface area contributed by atoms with Gasteiger partial charge in [0, 0.05) is 37.3 Å². The molecule has 2 aromatic rings. The maximum Gasteiger partial charge on any atom is 1.00 e. The molecule has 0 fully saturated rings. The zero-order chi connectivity index (χ0) is 22.3. The molecule has 2 rings (SSSR count). The summed E-state index contributed by atoms with van der Waals surface area (Å²) in [6.45, 7) is 4.26. The average Bonchev–Trinajstić information content (AvgIpc) is 2.64. The smallest absolute Gasteiger partial charge is 1.00 e. The van der Waals surface area contributed by atoms with Gasteiger partial charge in [0.05, 0.1) is 13.1 Å². The number of nitrogens with zero attached hydrogens (tertiary/aromatic N) is 2. The topological polar surface area (TPSA) is 122 Å². The number of aromatic hydroxyl groups is 2. The minimum absolute atomic E-state index is 0. The van der Waals surface area contributed by atoms with Crippen LogP contribution in [0.25, 0.3) is 0 Å². The van der Waals surface area contributed by atoms with Crippen LogP contribution in [0.2, 0.25) is 0 Å². The molecule has 0 unspecified atom stereocenters. The molecule has 0 aliphatic carbocycles. The van der Waals surface area contributed by atoms with Crippen LogP contribution in [0.15, 0.2) is 36.4 Å². The normalized spacial score (nSPS) is 10.5. The fourth-order valence-corrected chi connectivity index (χ4v) is 3.26. The maximum atomic E-state index is 11.3. The second-order valence-electron chi connectivity index (χ2n) is 7.47. The summed E-state index contributed by atoms with van der Waals surface area (Å²) in [5.41, 5.74) is 3.11. The third-order valence-electron chi connectivity index (χ3n) is 4.71. The van der Waals surface area contributed by atoms with E-state index >= 15 is 0 Å². The zero-order valence-corrected chi connectivity index (χ0v) is 23.2. The van der Waals surface area contributed by atoms with Gasteiger partial charge in [-0.15, -0.1) is 0 Å². The van der Waals surface area contributed by atoms with Crippen LogP contribution in [0, 0.1) is 13.8 Å². The molecular weight excluding hydrogens is 434 g/mol. The molecule has 0 atom stereocenters. The first-order chi connectivity index (χ1) is 14.1. The van der Waals surface area contributed by atoms with E-state index in [4.69, 9.17) is 0 Å². The van der Waals surface area contributed by atoms with E-state index in [-0.39, 0.29) is 113 Å². The van der Waals surface area contributed by atoms with Crippen LogP contribution in [0.4, 0.5) is 0 Å². The van der Waals surface area contributed by atoms with Gasteiger partial charge >= 0.3 is 71.1 Å². The molecule has 0 amide bonds. The van der Waals surface area contributed by atoms with Crippen LogP contribution >= 0.6 is 0 Å². The predicted octanol–water partition coefficient (Wildman–Crippen LogP) is -3.58. The van der Waals surface area contributed by atoms with Gasteiger partial charge in [0.1, 0.15) is 11.5 Å². The Bertz CT molecular complexity index is 847. The maximum absolute atomic E-state index is 11.3. The predicted molar refractivity (Wildman–Crippen MR) is 114 cm³/mol. The van der Waals surface area contributed by atoms with Crippen molar-refractivity contribution in [2.24, 2.45) is 0 Å². The van der Waals surface area contributed by atoms with Gasteiger partial charge in [0.15, 0.2) is 0 Å². The number of hydrogen-bond acceptors (Lipinski definition) is 6. The number of rotatable bonds is 11. The Kier molecular flexibility index (Phi) is 14.4. The first-order valence-electron chi connectivity index (χ1n) is 9.59. The molecule has 32 heavy (non-hydrogen) atoms. The van der Waals surface area contributed by atoms with E-state index in [9.17, 15) is 30.0 Å². The van der Waals surface area contributed by atoms with Crippen molar-refractivity contribution < 1.29 is 92.0 Å². The van der Waals surface area contributed by atoms with E-state index in [0.29, 0.717) is 11.1 Å². The number of phenols is 2. The van der Waals surface area contributed by atoms with E-state index in [1.165, 1.54) is 0 Å². The van der Waals surface area contributed by atoms with Crippen molar-refractivity contribution in [3.05, 3.63) is 58.7 Å². The van der Waals surface area contributed by atoms with Crippen molar-refractivity contribution in [1.29, 1.82) is 0 Å². The summed E-state index contributed by atoms with van der Waals surface area (Å²) in [4.78, 5) is 25.9. The Hall–Kier alpha value is -1.10. The Balaban J connectivity index is -0.00000240. The molecule has 0 saturated heterocycles. The van der Waals surface area contributed by atoms with Gasteiger partial charge in [0.25, 0.3) is 0 Å². The van der Waals surface area contributed by atoms with Gasteiger partial charge in [-0.2, -0.15) is 0 Å². The molecule has 8 nitrogen and oxygen atoms in total. The fourth-order valence-electron chi connectivity index (χ4n) is 3.26. The minimum Gasteiger partial charge on any atom is -1.00 e. The molecule has 166 valence electrons. The standard InChI is InChI=1S/C22H28N2O6.2Na.2H/c1-15-3-5-19(25)17(9-15)11-23(13-21(27)28)7-8-24(14-22(29)30)12-18-10-16(2)4-6-20(18)26;;;;/h3-6,9-10,25-26H,7-8,11-14H2,1-2H3,(H,27,28)(H,29,30);;;;/q;2*+1;2*-1. The molecule has 0 aliphatic rings. The summed E-state index contributed by atoms with van der Waals surface area (Å²) < 4.78 is 0. The number of carboxylic acid groups (broad SMARTS) is 2. The first-order valence-corrected chi connectivity index (χ1v) is 9.59. The number of aliphatic carboxylic acids is 2. The summed E-state index contributed by atoms with van der Waals surface area (Å²) >= 11 is 0. The number of carboxylic acids is 2. The number of phenolic OH excluding ortho intramolecular Hbond substituents is 2.